The predicted octanol–water partition coefficient (Wildman–Crippen LogP) is 3.55. The minimum atomic E-state index is -2.79. The lowest BCUT2D eigenvalue weighted by Gasteiger charge is -2.22. The van der Waals surface area contributed by atoms with E-state index in [0.29, 0.717) is 5.75 Å². The highest BCUT2D eigenvalue weighted by atomic mass is 19.3. The second-order valence-corrected chi connectivity index (χ2v) is 5.35. The van der Waals surface area contributed by atoms with Gasteiger partial charge in [-0.15, -0.1) is 0 Å². The van der Waals surface area contributed by atoms with Crippen molar-refractivity contribution in [1.82, 2.24) is 5.32 Å². The molecule has 0 aromatic heterocycles. The number of hydrogen-bond donors (Lipinski definition) is 1. The van der Waals surface area contributed by atoms with Crippen molar-refractivity contribution in [3.8, 4) is 5.75 Å². The minimum absolute atomic E-state index is 0.0716. The van der Waals surface area contributed by atoms with Crippen LogP contribution in [0.3, 0.4) is 0 Å². The summed E-state index contributed by atoms with van der Waals surface area (Å²) in [6, 6.07) is 3.01. The Bertz CT molecular complexity index is 430. The van der Waals surface area contributed by atoms with E-state index in [9.17, 15) is 8.78 Å². The van der Waals surface area contributed by atoms with Gasteiger partial charge in [0, 0.05) is 18.0 Å². The van der Waals surface area contributed by atoms with Crippen LogP contribution in [-0.2, 0) is 5.92 Å². The minimum Gasteiger partial charge on any atom is -0.496 e. The van der Waals surface area contributed by atoms with Gasteiger partial charge in [0.2, 0.25) is 0 Å². The van der Waals surface area contributed by atoms with Crippen LogP contribution in [0.1, 0.15) is 36.0 Å². The van der Waals surface area contributed by atoms with Gasteiger partial charge in [-0.1, -0.05) is 0 Å². The second-order valence-electron chi connectivity index (χ2n) is 5.35. The van der Waals surface area contributed by atoms with Gasteiger partial charge in [0.1, 0.15) is 5.75 Å². The highest BCUT2D eigenvalue weighted by Crippen LogP contribution is 2.37. The number of halogens is 2. The molecule has 1 heterocycles. The summed E-state index contributed by atoms with van der Waals surface area (Å²) < 4.78 is 33.9. The van der Waals surface area contributed by atoms with E-state index in [0.717, 1.165) is 30.5 Å². The zero-order valence-electron chi connectivity index (χ0n) is 11.7. The number of hydrogen-bond acceptors (Lipinski definition) is 2. The largest absolute Gasteiger partial charge is 0.496 e. The third-order valence-corrected chi connectivity index (χ3v) is 3.75. The number of aryl methyl sites for hydroxylation is 2. The molecule has 2 rings (SSSR count). The maximum Gasteiger partial charge on any atom is 0.274 e. The lowest BCUT2D eigenvalue weighted by molar-refractivity contribution is -0.0214. The van der Waals surface area contributed by atoms with Crippen LogP contribution in [0, 0.1) is 13.8 Å². The second kappa shape index (κ2) is 5.45. The first-order chi connectivity index (χ1) is 8.94. The molecule has 0 bridgehead atoms. The van der Waals surface area contributed by atoms with Crippen molar-refractivity contribution in [1.29, 1.82) is 0 Å². The van der Waals surface area contributed by atoms with Gasteiger partial charge in [0.05, 0.1) is 7.11 Å². The standard InChI is InChI=1S/C15H21F2NO/c1-10-7-12(8-11(2)14(10)19-3)15(16,17)9-13-5-4-6-18-13/h7-8,13,18H,4-6,9H2,1-3H3. The molecule has 0 radical (unpaired) electrons. The number of benzene rings is 1. The fourth-order valence-corrected chi connectivity index (χ4v) is 2.84. The number of methoxy groups -OCH3 is 1. The molecule has 106 valence electrons. The summed E-state index contributed by atoms with van der Waals surface area (Å²) in [7, 11) is 1.57. The monoisotopic (exact) mass is 269 g/mol. The Morgan fingerprint density at radius 2 is 1.95 bits per heavy atom. The summed E-state index contributed by atoms with van der Waals surface area (Å²) in [6.07, 6.45) is 1.70. The molecule has 0 amide bonds. The summed E-state index contributed by atoms with van der Waals surface area (Å²) in [5.41, 5.74) is 1.62. The van der Waals surface area contributed by atoms with Crippen LogP contribution in [0.15, 0.2) is 12.1 Å². The first kappa shape index (κ1) is 14.3. The molecule has 1 aliphatic rings. The van der Waals surface area contributed by atoms with E-state index < -0.39 is 5.92 Å². The van der Waals surface area contributed by atoms with Gasteiger partial charge in [-0.05, 0) is 56.5 Å². The molecule has 19 heavy (non-hydrogen) atoms. The Morgan fingerprint density at radius 3 is 2.42 bits per heavy atom. The first-order valence-corrected chi connectivity index (χ1v) is 6.71. The molecule has 1 aromatic carbocycles. The van der Waals surface area contributed by atoms with Crippen LogP contribution < -0.4 is 10.1 Å². The topological polar surface area (TPSA) is 21.3 Å². The molecule has 2 nitrogen and oxygen atoms in total. The Kier molecular flexibility index (Phi) is 4.09. The zero-order valence-corrected chi connectivity index (χ0v) is 11.7. The molecular weight excluding hydrogens is 248 g/mol. The van der Waals surface area contributed by atoms with Gasteiger partial charge in [-0.2, -0.15) is 0 Å². The maximum atomic E-state index is 14.3. The summed E-state index contributed by atoms with van der Waals surface area (Å²) in [4.78, 5) is 0. The number of alkyl halides is 2. The van der Waals surface area contributed by atoms with Gasteiger partial charge in [0.15, 0.2) is 0 Å². The van der Waals surface area contributed by atoms with Crippen LogP contribution in [-0.4, -0.2) is 19.7 Å². The van der Waals surface area contributed by atoms with Crippen molar-refractivity contribution in [2.45, 2.75) is 45.1 Å². The van der Waals surface area contributed by atoms with E-state index in [-0.39, 0.29) is 18.0 Å². The average Bonchev–Trinajstić information content (AvgIpc) is 2.80. The average molecular weight is 269 g/mol. The smallest absolute Gasteiger partial charge is 0.274 e. The highest BCUT2D eigenvalue weighted by molar-refractivity contribution is 5.44. The summed E-state index contributed by atoms with van der Waals surface area (Å²) in [5.74, 6) is -2.09. The third kappa shape index (κ3) is 3.06. The van der Waals surface area contributed by atoms with E-state index in [2.05, 4.69) is 5.32 Å². The first-order valence-electron chi connectivity index (χ1n) is 6.71. The van der Waals surface area contributed by atoms with E-state index in [4.69, 9.17) is 4.74 Å². The van der Waals surface area contributed by atoms with Crippen molar-refractivity contribution in [2.75, 3.05) is 13.7 Å². The predicted molar refractivity (Wildman–Crippen MR) is 72.0 cm³/mol. The molecule has 4 heteroatoms. The summed E-state index contributed by atoms with van der Waals surface area (Å²) >= 11 is 0. The molecule has 0 spiro atoms. The van der Waals surface area contributed by atoms with Crippen molar-refractivity contribution in [2.24, 2.45) is 0 Å². The number of nitrogens with one attached hydrogen (secondary N) is 1. The molecule has 1 fully saturated rings. The van der Waals surface area contributed by atoms with Crippen LogP contribution >= 0.6 is 0 Å². The Labute approximate surface area is 113 Å². The molecule has 1 aliphatic heterocycles. The molecule has 1 unspecified atom stereocenters. The molecule has 1 aromatic rings. The van der Waals surface area contributed by atoms with E-state index >= 15 is 0 Å². The molecule has 0 aliphatic carbocycles. The van der Waals surface area contributed by atoms with E-state index in [1.807, 2.05) is 0 Å². The van der Waals surface area contributed by atoms with Crippen LogP contribution in [0.4, 0.5) is 8.78 Å². The van der Waals surface area contributed by atoms with Crippen LogP contribution in [0.2, 0.25) is 0 Å². The van der Waals surface area contributed by atoms with Gasteiger partial charge < -0.3 is 10.1 Å². The summed E-state index contributed by atoms with van der Waals surface area (Å²) in [5, 5.41) is 3.13. The number of rotatable bonds is 4. The fraction of sp³-hybridized carbons (Fsp3) is 0.600. The Hall–Kier alpha value is -1.16. The molecular formula is C15H21F2NO. The highest BCUT2D eigenvalue weighted by Gasteiger charge is 2.36. The lowest BCUT2D eigenvalue weighted by atomic mass is 9.96. The Balaban J connectivity index is 2.24. The van der Waals surface area contributed by atoms with E-state index in [1.54, 1.807) is 33.1 Å². The van der Waals surface area contributed by atoms with Crippen molar-refractivity contribution in [3.63, 3.8) is 0 Å². The molecule has 0 saturated carbocycles. The van der Waals surface area contributed by atoms with E-state index in [1.165, 1.54) is 0 Å². The lowest BCUT2D eigenvalue weighted by Crippen LogP contribution is -2.29. The normalized spacial score (nSPS) is 19.7. The Morgan fingerprint density at radius 1 is 1.32 bits per heavy atom. The molecule has 1 atom stereocenters. The number of ether oxygens (including phenoxy) is 1. The zero-order chi connectivity index (χ0) is 14.0. The van der Waals surface area contributed by atoms with Crippen molar-refractivity contribution in [3.05, 3.63) is 28.8 Å². The van der Waals surface area contributed by atoms with Gasteiger partial charge in [-0.25, -0.2) is 8.78 Å². The quantitative estimate of drug-likeness (QED) is 0.902. The molecule has 1 N–H and O–H groups in total. The van der Waals surface area contributed by atoms with Gasteiger partial charge >= 0.3 is 0 Å². The fourth-order valence-electron chi connectivity index (χ4n) is 2.84. The van der Waals surface area contributed by atoms with Crippen LogP contribution in [0.25, 0.3) is 0 Å². The van der Waals surface area contributed by atoms with Crippen molar-refractivity contribution >= 4 is 0 Å². The SMILES string of the molecule is COc1c(C)cc(C(F)(F)CC2CCCN2)cc1C. The van der Waals surface area contributed by atoms with Crippen LogP contribution in [0.5, 0.6) is 5.75 Å². The third-order valence-electron chi connectivity index (χ3n) is 3.75. The van der Waals surface area contributed by atoms with Gasteiger partial charge in [-0.3, -0.25) is 0 Å². The summed E-state index contributed by atoms with van der Waals surface area (Å²) in [6.45, 7) is 4.46. The maximum absolute atomic E-state index is 14.3. The van der Waals surface area contributed by atoms with Crippen molar-refractivity contribution < 1.29 is 13.5 Å². The molecule has 1 saturated heterocycles. The van der Waals surface area contributed by atoms with Gasteiger partial charge in [0.25, 0.3) is 5.92 Å².